The molecule has 10 heteroatoms. The van der Waals surface area contributed by atoms with E-state index in [1.165, 1.54) is 10.4 Å². The summed E-state index contributed by atoms with van der Waals surface area (Å²) < 4.78 is 34.0. The van der Waals surface area contributed by atoms with E-state index >= 15 is 0 Å². The molecular formula is C27H34ClN3O5S. The molecular weight excluding hydrogens is 514 g/mol. The Hall–Kier alpha value is -2.43. The second-order valence-electron chi connectivity index (χ2n) is 9.44. The van der Waals surface area contributed by atoms with Crippen molar-refractivity contribution in [3.05, 3.63) is 75.5 Å². The van der Waals surface area contributed by atoms with Gasteiger partial charge >= 0.3 is 0 Å². The number of ether oxygens (including phenoxy) is 1. The molecule has 2 N–H and O–H groups in total. The fourth-order valence-corrected chi connectivity index (χ4v) is 6.18. The first-order valence-corrected chi connectivity index (χ1v) is 14.7. The molecule has 2 heterocycles. The summed E-state index contributed by atoms with van der Waals surface area (Å²) in [6, 6.07) is 16.0. The second kappa shape index (κ2) is 12.9. The number of pyridine rings is 1. The van der Waals surface area contributed by atoms with E-state index in [9.17, 15) is 18.3 Å². The standard InChI is InChI=1S/C27H34ClN3O5S/c28-25-6-2-1-5-22(25)20-31(16-15-30-13-11-23(32)12-14-30)37(34,35)18-4-3-17-36-24-8-9-26-21(19-24)7-10-27(33)29-26/h1-2,5-10,19,23,32H,3-4,11-18,20H2,(H,29,33). The molecule has 8 nitrogen and oxygen atoms in total. The number of likely N-dealkylation sites (tertiary alicyclic amines) is 1. The van der Waals surface area contributed by atoms with Gasteiger partial charge in [-0.2, -0.15) is 4.31 Å². The maximum atomic E-state index is 13.3. The van der Waals surface area contributed by atoms with Crippen LogP contribution in [-0.2, 0) is 16.6 Å². The first-order valence-electron chi connectivity index (χ1n) is 12.7. The Balaban J connectivity index is 1.31. The first-order chi connectivity index (χ1) is 17.8. The molecule has 1 fully saturated rings. The smallest absolute Gasteiger partial charge is 0.248 e. The predicted molar refractivity (Wildman–Crippen MR) is 147 cm³/mol. The van der Waals surface area contributed by atoms with E-state index < -0.39 is 10.0 Å². The van der Waals surface area contributed by atoms with E-state index in [-0.39, 0.29) is 24.0 Å². The number of nitrogens with zero attached hydrogens (tertiary/aromatic N) is 2. The molecule has 0 saturated carbocycles. The number of H-pyrrole nitrogens is 1. The Labute approximate surface area is 222 Å². The van der Waals surface area contributed by atoms with Crippen molar-refractivity contribution >= 4 is 32.5 Å². The minimum Gasteiger partial charge on any atom is -0.494 e. The zero-order chi connectivity index (χ0) is 26.3. The fraction of sp³-hybridized carbons (Fsp3) is 0.444. The zero-order valence-electron chi connectivity index (χ0n) is 20.8. The van der Waals surface area contributed by atoms with Gasteiger partial charge in [-0.25, -0.2) is 8.42 Å². The summed E-state index contributed by atoms with van der Waals surface area (Å²) in [5.41, 5.74) is 1.37. The van der Waals surface area contributed by atoms with E-state index in [2.05, 4.69) is 9.88 Å². The van der Waals surface area contributed by atoms with Gasteiger partial charge in [0, 0.05) is 54.7 Å². The van der Waals surface area contributed by atoms with Crippen molar-refractivity contribution in [1.82, 2.24) is 14.2 Å². The monoisotopic (exact) mass is 547 g/mol. The van der Waals surface area contributed by atoms with Crippen LogP contribution in [-0.4, -0.2) is 72.4 Å². The van der Waals surface area contributed by atoms with Crippen LogP contribution >= 0.6 is 11.6 Å². The molecule has 1 aromatic heterocycles. The number of unbranched alkanes of at least 4 members (excludes halogenated alkanes) is 1. The lowest BCUT2D eigenvalue weighted by Gasteiger charge is -2.31. The maximum absolute atomic E-state index is 13.3. The van der Waals surface area contributed by atoms with Crippen molar-refractivity contribution in [3.63, 3.8) is 0 Å². The van der Waals surface area contributed by atoms with Crippen LogP contribution in [0.3, 0.4) is 0 Å². The third-order valence-corrected chi connectivity index (χ3v) is 8.95. The molecule has 0 spiro atoms. The second-order valence-corrected chi connectivity index (χ2v) is 11.9. The van der Waals surface area contributed by atoms with Crippen LogP contribution in [0.2, 0.25) is 5.02 Å². The third-order valence-electron chi connectivity index (χ3n) is 6.68. The highest BCUT2D eigenvalue weighted by Crippen LogP contribution is 2.21. The number of benzene rings is 2. The highest BCUT2D eigenvalue weighted by atomic mass is 35.5. The van der Waals surface area contributed by atoms with E-state index in [1.54, 1.807) is 24.3 Å². The highest BCUT2D eigenvalue weighted by molar-refractivity contribution is 7.89. The van der Waals surface area contributed by atoms with E-state index in [0.29, 0.717) is 56.2 Å². The number of hydrogen-bond donors (Lipinski definition) is 2. The third kappa shape index (κ3) is 8.02. The topological polar surface area (TPSA) is 103 Å². The molecule has 0 amide bonds. The molecule has 0 radical (unpaired) electrons. The number of piperidine rings is 1. The van der Waals surface area contributed by atoms with Crippen molar-refractivity contribution in [3.8, 4) is 5.75 Å². The van der Waals surface area contributed by atoms with Crippen LogP contribution < -0.4 is 10.3 Å². The minimum absolute atomic E-state index is 0.0263. The van der Waals surface area contributed by atoms with Gasteiger partial charge in [0.05, 0.1) is 18.5 Å². The van der Waals surface area contributed by atoms with Gasteiger partial charge in [0.15, 0.2) is 0 Å². The molecule has 0 atom stereocenters. The molecule has 200 valence electrons. The zero-order valence-corrected chi connectivity index (χ0v) is 22.4. The fourth-order valence-electron chi connectivity index (χ4n) is 4.46. The summed E-state index contributed by atoms with van der Waals surface area (Å²) in [6.45, 7) is 3.15. The van der Waals surface area contributed by atoms with Gasteiger partial charge in [-0.15, -0.1) is 0 Å². The van der Waals surface area contributed by atoms with Gasteiger partial charge in [0.25, 0.3) is 0 Å². The lowest BCUT2D eigenvalue weighted by molar-refractivity contribution is 0.0803. The normalized spacial score (nSPS) is 15.4. The van der Waals surface area contributed by atoms with Crippen molar-refractivity contribution < 1.29 is 18.3 Å². The number of aromatic amines is 1. The highest BCUT2D eigenvalue weighted by Gasteiger charge is 2.25. The Morgan fingerprint density at radius 1 is 1.08 bits per heavy atom. The van der Waals surface area contributed by atoms with Crippen LogP contribution in [0.25, 0.3) is 10.9 Å². The van der Waals surface area contributed by atoms with E-state index in [0.717, 1.165) is 29.6 Å². The average Bonchev–Trinajstić information content (AvgIpc) is 2.88. The van der Waals surface area contributed by atoms with Crippen LogP contribution in [0.1, 0.15) is 31.2 Å². The van der Waals surface area contributed by atoms with Crippen molar-refractivity contribution in [1.29, 1.82) is 0 Å². The summed E-state index contributed by atoms with van der Waals surface area (Å²) in [7, 11) is -3.52. The summed E-state index contributed by atoms with van der Waals surface area (Å²) in [4.78, 5) is 16.4. The molecule has 0 unspecified atom stereocenters. The Morgan fingerprint density at radius 3 is 2.65 bits per heavy atom. The number of hydrogen-bond acceptors (Lipinski definition) is 6. The Bertz CT molecular complexity index is 1340. The van der Waals surface area contributed by atoms with Crippen LogP contribution in [0.5, 0.6) is 5.75 Å². The molecule has 3 aromatic rings. The van der Waals surface area contributed by atoms with Gasteiger partial charge in [-0.05, 0) is 61.6 Å². The largest absolute Gasteiger partial charge is 0.494 e. The summed E-state index contributed by atoms with van der Waals surface area (Å²) in [6.07, 6.45) is 2.23. The van der Waals surface area contributed by atoms with Crippen LogP contribution in [0.15, 0.2) is 59.4 Å². The van der Waals surface area contributed by atoms with Gasteiger partial charge in [0.2, 0.25) is 15.6 Å². The number of rotatable bonds is 12. The lowest BCUT2D eigenvalue weighted by atomic mass is 10.1. The number of aromatic nitrogens is 1. The van der Waals surface area contributed by atoms with Crippen molar-refractivity contribution in [2.75, 3.05) is 38.5 Å². The summed E-state index contributed by atoms with van der Waals surface area (Å²) >= 11 is 6.34. The molecule has 2 aromatic carbocycles. The van der Waals surface area contributed by atoms with E-state index in [4.69, 9.17) is 16.3 Å². The van der Waals surface area contributed by atoms with Gasteiger partial charge in [0.1, 0.15) is 5.75 Å². The number of sulfonamides is 1. The maximum Gasteiger partial charge on any atom is 0.248 e. The van der Waals surface area contributed by atoms with Gasteiger partial charge in [-0.1, -0.05) is 29.8 Å². The average molecular weight is 548 g/mol. The number of aliphatic hydroxyl groups is 1. The molecule has 1 saturated heterocycles. The van der Waals surface area contributed by atoms with Crippen LogP contribution in [0.4, 0.5) is 0 Å². The molecule has 0 bridgehead atoms. The quantitative estimate of drug-likeness (QED) is 0.336. The SMILES string of the molecule is O=c1ccc2cc(OCCCCS(=O)(=O)N(CCN3CCC(O)CC3)Cc3ccccc3Cl)ccc2[nH]1. The van der Waals surface area contributed by atoms with Crippen molar-refractivity contribution in [2.24, 2.45) is 0 Å². The first kappa shape index (κ1) is 27.6. The summed E-state index contributed by atoms with van der Waals surface area (Å²) in [5, 5.41) is 11.2. The van der Waals surface area contributed by atoms with Crippen LogP contribution in [0, 0.1) is 0 Å². The number of nitrogens with one attached hydrogen (secondary N) is 1. The minimum atomic E-state index is -3.52. The van der Waals surface area contributed by atoms with Gasteiger partial charge < -0.3 is 19.7 Å². The number of halogens is 1. The Kier molecular flexibility index (Phi) is 9.61. The van der Waals surface area contributed by atoms with E-state index in [1.807, 2.05) is 24.3 Å². The molecule has 1 aliphatic rings. The number of fused-ring (bicyclic) bond motifs is 1. The number of aliphatic hydroxyl groups excluding tert-OH is 1. The predicted octanol–water partition coefficient (Wildman–Crippen LogP) is 3.63. The Morgan fingerprint density at radius 2 is 1.86 bits per heavy atom. The molecule has 0 aliphatic carbocycles. The molecule has 4 rings (SSSR count). The summed E-state index contributed by atoms with van der Waals surface area (Å²) in [5.74, 6) is 0.702. The lowest BCUT2D eigenvalue weighted by Crippen LogP contribution is -2.43. The molecule has 37 heavy (non-hydrogen) atoms. The van der Waals surface area contributed by atoms with Crippen molar-refractivity contribution in [2.45, 2.75) is 38.3 Å². The molecule has 1 aliphatic heterocycles. The van der Waals surface area contributed by atoms with Gasteiger partial charge in [-0.3, -0.25) is 4.79 Å².